The Hall–Kier alpha value is -2.25. The zero-order chi connectivity index (χ0) is 15.9. The van der Waals surface area contributed by atoms with Gasteiger partial charge in [0.1, 0.15) is 0 Å². The number of hydrogen-bond donors (Lipinski definition) is 0. The Labute approximate surface area is 113 Å². The molecule has 8 heteroatoms. The predicted molar refractivity (Wildman–Crippen MR) is 58.1 cm³/mol. The van der Waals surface area contributed by atoms with Crippen molar-refractivity contribution >= 4 is 0 Å². The third-order valence-corrected chi connectivity index (χ3v) is 2.69. The molecule has 2 aromatic carbocycles. The summed E-state index contributed by atoms with van der Waals surface area (Å²) in [4.78, 5) is 0. The quantitative estimate of drug-likeness (QED) is 0.592. The van der Waals surface area contributed by atoms with Gasteiger partial charge >= 0.3 is 0 Å². The van der Waals surface area contributed by atoms with E-state index in [9.17, 15) is 30.7 Å². The minimum atomic E-state index is -2.00. The Balaban J connectivity index is 2.98. The first kappa shape index (κ1) is 15.1. The number of halogens is 7. The van der Waals surface area contributed by atoms with E-state index < -0.39 is 57.6 Å². The molecule has 0 aliphatic heterocycles. The maximum absolute atomic E-state index is 13.7. The van der Waals surface area contributed by atoms with Crippen LogP contribution in [0.2, 0.25) is 0 Å². The van der Waals surface area contributed by atoms with Gasteiger partial charge in [-0.1, -0.05) is 0 Å². The molecule has 0 amide bonds. The van der Waals surface area contributed by atoms with E-state index in [-0.39, 0.29) is 12.1 Å². The van der Waals surface area contributed by atoms with Crippen LogP contribution in [0.3, 0.4) is 0 Å². The van der Waals surface area contributed by atoms with Gasteiger partial charge in [-0.3, -0.25) is 0 Å². The van der Waals surface area contributed by atoms with Crippen LogP contribution in [0.5, 0.6) is 5.75 Å². The molecule has 2 aromatic rings. The van der Waals surface area contributed by atoms with Crippen molar-refractivity contribution in [3.05, 3.63) is 52.9 Å². The van der Waals surface area contributed by atoms with Gasteiger partial charge in [0, 0.05) is 12.1 Å². The van der Waals surface area contributed by atoms with Crippen molar-refractivity contribution in [2.75, 3.05) is 7.11 Å². The molecule has 0 radical (unpaired) electrons. The average Bonchev–Trinajstić information content (AvgIpc) is 2.42. The van der Waals surface area contributed by atoms with Crippen LogP contribution in [-0.2, 0) is 0 Å². The number of methoxy groups -OCH3 is 1. The van der Waals surface area contributed by atoms with Crippen molar-refractivity contribution in [2.45, 2.75) is 0 Å². The molecule has 0 N–H and O–H groups in total. The van der Waals surface area contributed by atoms with Crippen LogP contribution in [0.4, 0.5) is 30.7 Å². The summed E-state index contributed by atoms with van der Waals surface area (Å²) >= 11 is 0. The smallest absolute Gasteiger partial charge is 0.170 e. The van der Waals surface area contributed by atoms with Crippen molar-refractivity contribution < 1.29 is 35.5 Å². The van der Waals surface area contributed by atoms with Crippen molar-refractivity contribution in [1.29, 1.82) is 0 Å². The first-order valence-electron chi connectivity index (χ1n) is 5.34. The highest BCUT2D eigenvalue weighted by atomic mass is 19.2. The van der Waals surface area contributed by atoms with Crippen LogP contribution < -0.4 is 4.74 Å². The zero-order valence-electron chi connectivity index (χ0n) is 10.2. The number of benzene rings is 2. The van der Waals surface area contributed by atoms with Gasteiger partial charge in [0.15, 0.2) is 46.5 Å². The van der Waals surface area contributed by atoms with Crippen LogP contribution in [0.25, 0.3) is 11.1 Å². The van der Waals surface area contributed by atoms with Gasteiger partial charge in [-0.05, 0) is 0 Å². The summed E-state index contributed by atoms with van der Waals surface area (Å²) < 4.78 is 98.4. The lowest BCUT2D eigenvalue weighted by molar-refractivity contribution is 0.377. The number of hydrogen-bond acceptors (Lipinski definition) is 1. The Bertz CT molecular complexity index is 701. The van der Waals surface area contributed by atoms with Gasteiger partial charge in [0.2, 0.25) is 0 Å². The molecule has 0 fully saturated rings. The van der Waals surface area contributed by atoms with Gasteiger partial charge in [0.25, 0.3) is 0 Å². The van der Waals surface area contributed by atoms with Crippen LogP contribution in [0.1, 0.15) is 0 Å². The molecular weight excluding hydrogens is 305 g/mol. The summed E-state index contributed by atoms with van der Waals surface area (Å²) in [6, 6.07) is -0.0443. The first-order valence-corrected chi connectivity index (χ1v) is 5.34. The Morgan fingerprint density at radius 2 is 1.00 bits per heavy atom. The van der Waals surface area contributed by atoms with E-state index in [0.29, 0.717) is 0 Å². The summed E-state index contributed by atoms with van der Waals surface area (Å²) in [6.45, 7) is 0. The monoisotopic (exact) mass is 310 g/mol. The first-order chi connectivity index (χ1) is 9.79. The third kappa shape index (κ3) is 2.30. The molecule has 0 atom stereocenters. The number of ether oxygens (including phenoxy) is 1. The van der Waals surface area contributed by atoms with Crippen LogP contribution in [-0.4, -0.2) is 7.11 Å². The fourth-order valence-corrected chi connectivity index (χ4v) is 1.79. The van der Waals surface area contributed by atoms with Crippen molar-refractivity contribution in [2.24, 2.45) is 0 Å². The van der Waals surface area contributed by atoms with Crippen LogP contribution >= 0.6 is 0 Å². The molecule has 0 aliphatic carbocycles. The summed E-state index contributed by atoms with van der Waals surface area (Å²) in [7, 11) is 0.810. The minimum absolute atomic E-state index is 0.0726. The molecule has 0 unspecified atom stereocenters. The second-order valence-corrected chi connectivity index (χ2v) is 3.91. The molecule has 0 spiro atoms. The van der Waals surface area contributed by atoms with E-state index in [1.54, 1.807) is 0 Å². The second-order valence-electron chi connectivity index (χ2n) is 3.91. The minimum Gasteiger partial charge on any atom is -0.493 e. The van der Waals surface area contributed by atoms with Crippen LogP contribution in [0.15, 0.2) is 12.1 Å². The molecular formula is C13H5F7O. The molecule has 0 heterocycles. The maximum Gasteiger partial charge on any atom is 0.170 e. The van der Waals surface area contributed by atoms with Gasteiger partial charge < -0.3 is 4.74 Å². The highest BCUT2D eigenvalue weighted by Crippen LogP contribution is 2.40. The molecule has 0 saturated carbocycles. The lowest BCUT2D eigenvalue weighted by Crippen LogP contribution is -2.05. The lowest BCUT2D eigenvalue weighted by Gasteiger charge is -2.13. The Morgan fingerprint density at radius 3 is 1.43 bits per heavy atom. The van der Waals surface area contributed by atoms with E-state index in [2.05, 4.69) is 4.74 Å². The van der Waals surface area contributed by atoms with Gasteiger partial charge in [-0.2, -0.15) is 0 Å². The molecule has 1 nitrogen and oxygen atoms in total. The molecule has 0 aliphatic rings. The summed E-state index contributed by atoms with van der Waals surface area (Å²) in [5, 5.41) is 0. The third-order valence-electron chi connectivity index (χ3n) is 2.69. The lowest BCUT2D eigenvalue weighted by atomic mass is 10.0. The number of rotatable bonds is 2. The van der Waals surface area contributed by atoms with E-state index >= 15 is 0 Å². The normalized spacial score (nSPS) is 10.9. The Morgan fingerprint density at radius 1 is 0.619 bits per heavy atom. The summed E-state index contributed by atoms with van der Waals surface area (Å²) in [6.07, 6.45) is 0. The molecule has 112 valence electrons. The summed E-state index contributed by atoms with van der Waals surface area (Å²) in [5.41, 5.74) is -2.98. The fourth-order valence-electron chi connectivity index (χ4n) is 1.79. The predicted octanol–water partition coefficient (Wildman–Crippen LogP) is 4.34. The maximum atomic E-state index is 13.7. The molecule has 0 saturated heterocycles. The fraction of sp³-hybridized carbons (Fsp3) is 0.0769. The van der Waals surface area contributed by atoms with Gasteiger partial charge in [0.05, 0.1) is 18.2 Å². The largest absolute Gasteiger partial charge is 0.493 e. The van der Waals surface area contributed by atoms with Crippen LogP contribution in [0, 0.1) is 40.7 Å². The SMILES string of the molecule is COc1c(F)cc(F)c(F)c1-c1c(F)c(F)cc(F)c1F. The molecule has 2 rings (SSSR count). The van der Waals surface area contributed by atoms with Gasteiger partial charge in [-0.15, -0.1) is 0 Å². The standard InChI is InChI=1S/C13H5F7O/c1-21-13-7(17)3-6(16)12(20)9(13)8-10(18)4(14)2-5(15)11(8)19/h2-3H,1H3. The van der Waals surface area contributed by atoms with E-state index in [1.165, 1.54) is 0 Å². The van der Waals surface area contributed by atoms with E-state index in [4.69, 9.17) is 0 Å². The van der Waals surface area contributed by atoms with E-state index in [0.717, 1.165) is 7.11 Å². The molecule has 0 bridgehead atoms. The van der Waals surface area contributed by atoms with Crippen molar-refractivity contribution in [3.63, 3.8) is 0 Å². The topological polar surface area (TPSA) is 9.23 Å². The van der Waals surface area contributed by atoms with Gasteiger partial charge in [-0.25, -0.2) is 30.7 Å². The highest BCUT2D eigenvalue weighted by molar-refractivity contribution is 5.73. The average molecular weight is 310 g/mol. The summed E-state index contributed by atoms with van der Waals surface area (Å²) in [5.74, 6) is -14.0. The van der Waals surface area contributed by atoms with Crippen molar-refractivity contribution in [1.82, 2.24) is 0 Å². The van der Waals surface area contributed by atoms with Crippen molar-refractivity contribution in [3.8, 4) is 16.9 Å². The highest BCUT2D eigenvalue weighted by Gasteiger charge is 2.29. The van der Waals surface area contributed by atoms with E-state index in [1.807, 2.05) is 0 Å². The molecule has 21 heavy (non-hydrogen) atoms. The molecule has 0 aromatic heterocycles. The Kier molecular flexibility index (Phi) is 3.80. The zero-order valence-corrected chi connectivity index (χ0v) is 10.2. The second kappa shape index (κ2) is 5.27.